The van der Waals surface area contributed by atoms with Crippen molar-refractivity contribution in [1.82, 2.24) is 5.32 Å². The Morgan fingerprint density at radius 2 is 1.70 bits per heavy atom. The summed E-state index contributed by atoms with van der Waals surface area (Å²) in [6.07, 6.45) is 4.23. The van der Waals surface area contributed by atoms with E-state index in [1.807, 2.05) is 0 Å². The summed E-state index contributed by atoms with van der Waals surface area (Å²) in [5.41, 5.74) is 1.28. The van der Waals surface area contributed by atoms with Crippen LogP contribution in [-0.2, 0) is 9.53 Å². The molecule has 2 N–H and O–H groups in total. The molecule has 0 aromatic heterocycles. The normalized spacial score (nSPS) is 13.5. The lowest BCUT2D eigenvalue weighted by molar-refractivity contribution is -0.118. The number of para-hydroxylation sites is 1. The van der Waals surface area contributed by atoms with E-state index in [0.717, 1.165) is 25.7 Å². The second-order valence-electron chi connectivity index (χ2n) is 7.08. The van der Waals surface area contributed by atoms with Crippen molar-refractivity contribution in [3.8, 4) is 5.75 Å². The van der Waals surface area contributed by atoms with E-state index in [0.29, 0.717) is 29.2 Å². The van der Waals surface area contributed by atoms with E-state index >= 15 is 0 Å². The number of carbonyl (C=O) groups excluding carboxylic acids is 3. The molecule has 1 aliphatic rings. The number of ether oxygens (including phenoxy) is 2. The fourth-order valence-electron chi connectivity index (χ4n) is 3.36. The summed E-state index contributed by atoms with van der Waals surface area (Å²) in [7, 11) is 0. The molecule has 1 fully saturated rings. The van der Waals surface area contributed by atoms with E-state index in [-0.39, 0.29) is 24.5 Å². The molecule has 0 saturated heterocycles. The number of anilines is 1. The molecule has 3 rings (SSSR count). The zero-order chi connectivity index (χ0) is 21.3. The average molecular weight is 410 g/mol. The summed E-state index contributed by atoms with van der Waals surface area (Å²) >= 11 is 0. The van der Waals surface area contributed by atoms with Crippen molar-refractivity contribution in [2.45, 2.75) is 38.6 Å². The Hall–Kier alpha value is -3.35. The van der Waals surface area contributed by atoms with Crippen LogP contribution in [0, 0.1) is 0 Å². The topological polar surface area (TPSA) is 93.7 Å². The van der Waals surface area contributed by atoms with E-state index in [4.69, 9.17) is 9.47 Å². The molecule has 2 amide bonds. The van der Waals surface area contributed by atoms with Crippen LogP contribution >= 0.6 is 0 Å². The van der Waals surface area contributed by atoms with Crippen LogP contribution in [0.4, 0.5) is 5.69 Å². The molecule has 7 heteroatoms. The summed E-state index contributed by atoms with van der Waals surface area (Å²) in [5.74, 6) is -0.529. The van der Waals surface area contributed by atoms with Crippen molar-refractivity contribution in [3.05, 3.63) is 59.7 Å². The van der Waals surface area contributed by atoms with Crippen molar-refractivity contribution >= 4 is 23.5 Å². The molecule has 0 radical (unpaired) electrons. The first-order valence-corrected chi connectivity index (χ1v) is 10.2. The van der Waals surface area contributed by atoms with Gasteiger partial charge in [-0.1, -0.05) is 25.0 Å². The van der Waals surface area contributed by atoms with Gasteiger partial charge in [0.05, 0.1) is 23.4 Å². The van der Waals surface area contributed by atoms with E-state index in [9.17, 15) is 14.4 Å². The fraction of sp³-hybridized carbons (Fsp3) is 0.348. The maximum Gasteiger partial charge on any atom is 0.338 e. The smallest absolute Gasteiger partial charge is 0.338 e. The van der Waals surface area contributed by atoms with E-state index in [1.165, 1.54) is 0 Å². The van der Waals surface area contributed by atoms with Crippen molar-refractivity contribution < 1.29 is 23.9 Å². The van der Waals surface area contributed by atoms with Crippen LogP contribution in [0.3, 0.4) is 0 Å². The van der Waals surface area contributed by atoms with Gasteiger partial charge in [0.1, 0.15) is 5.75 Å². The van der Waals surface area contributed by atoms with Gasteiger partial charge in [0.25, 0.3) is 11.8 Å². The summed E-state index contributed by atoms with van der Waals surface area (Å²) in [4.78, 5) is 36.6. The van der Waals surface area contributed by atoms with E-state index < -0.39 is 5.97 Å². The first kappa shape index (κ1) is 21.4. The van der Waals surface area contributed by atoms with E-state index in [2.05, 4.69) is 10.6 Å². The highest BCUT2D eigenvalue weighted by molar-refractivity contribution is 6.04. The van der Waals surface area contributed by atoms with Gasteiger partial charge in [-0.25, -0.2) is 4.79 Å². The number of hydrogen-bond donors (Lipinski definition) is 2. The Bertz CT molecular complexity index is 889. The number of hydrogen-bond acceptors (Lipinski definition) is 5. The molecular weight excluding hydrogens is 384 g/mol. The van der Waals surface area contributed by atoms with Crippen LogP contribution in [0.25, 0.3) is 0 Å². The highest BCUT2D eigenvalue weighted by Crippen LogP contribution is 2.20. The monoisotopic (exact) mass is 410 g/mol. The highest BCUT2D eigenvalue weighted by atomic mass is 16.5. The number of benzene rings is 2. The number of carbonyl (C=O) groups is 3. The molecule has 0 atom stereocenters. The van der Waals surface area contributed by atoms with Gasteiger partial charge in [0.2, 0.25) is 0 Å². The van der Waals surface area contributed by atoms with Crippen LogP contribution in [0.1, 0.15) is 53.3 Å². The molecular formula is C23H26N2O5. The van der Waals surface area contributed by atoms with Gasteiger partial charge in [-0.2, -0.15) is 0 Å². The molecule has 1 saturated carbocycles. The van der Waals surface area contributed by atoms with Gasteiger partial charge in [-0.3, -0.25) is 9.59 Å². The fourth-order valence-corrected chi connectivity index (χ4v) is 3.36. The molecule has 0 spiro atoms. The molecule has 158 valence electrons. The quantitative estimate of drug-likeness (QED) is 0.649. The summed E-state index contributed by atoms with van der Waals surface area (Å²) in [6.45, 7) is 1.82. The van der Waals surface area contributed by atoms with Crippen LogP contribution in [0.15, 0.2) is 48.5 Å². The van der Waals surface area contributed by atoms with Gasteiger partial charge >= 0.3 is 5.97 Å². The Labute approximate surface area is 175 Å². The molecule has 2 aromatic carbocycles. The predicted octanol–water partition coefficient (Wildman–Crippen LogP) is 3.55. The Morgan fingerprint density at radius 3 is 2.40 bits per heavy atom. The second kappa shape index (κ2) is 10.4. The molecule has 0 bridgehead atoms. The molecule has 0 aliphatic heterocycles. The summed E-state index contributed by atoms with van der Waals surface area (Å²) < 4.78 is 10.4. The molecule has 30 heavy (non-hydrogen) atoms. The van der Waals surface area contributed by atoms with Gasteiger partial charge in [0, 0.05) is 6.04 Å². The second-order valence-corrected chi connectivity index (χ2v) is 7.08. The number of rotatable bonds is 8. The van der Waals surface area contributed by atoms with Crippen molar-refractivity contribution in [2.24, 2.45) is 0 Å². The van der Waals surface area contributed by atoms with Crippen LogP contribution in [0.5, 0.6) is 5.75 Å². The van der Waals surface area contributed by atoms with Crippen LogP contribution in [-0.4, -0.2) is 37.0 Å². The number of esters is 1. The van der Waals surface area contributed by atoms with Gasteiger partial charge in [-0.15, -0.1) is 0 Å². The molecule has 1 aliphatic carbocycles. The Kier molecular flexibility index (Phi) is 7.43. The summed E-state index contributed by atoms with van der Waals surface area (Å²) in [5, 5.41) is 5.76. The molecule has 0 unspecified atom stereocenters. The SMILES string of the molecule is CCOC(=O)c1ccc(OCC(=O)Nc2ccccc2C(=O)NC2CCCC2)cc1. The predicted molar refractivity (Wildman–Crippen MR) is 113 cm³/mol. The van der Waals surface area contributed by atoms with Crippen LogP contribution in [0.2, 0.25) is 0 Å². The highest BCUT2D eigenvalue weighted by Gasteiger charge is 2.20. The third kappa shape index (κ3) is 5.83. The minimum atomic E-state index is -0.408. The molecule has 0 heterocycles. The zero-order valence-electron chi connectivity index (χ0n) is 17.0. The van der Waals surface area contributed by atoms with Crippen molar-refractivity contribution in [2.75, 3.05) is 18.5 Å². The summed E-state index contributed by atoms with van der Waals surface area (Å²) in [6, 6.07) is 13.5. The first-order chi connectivity index (χ1) is 14.6. The van der Waals surface area contributed by atoms with Crippen LogP contribution < -0.4 is 15.4 Å². The maximum atomic E-state index is 12.6. The Morgan fingerprint density at radius 1 is 1.00 bits per heavy atom. The largest absolute Gasteiger partial charge is 0.484 e. The minimum Gasteiger partial charge on any atom is -0.484 e. The van der Waals surface area contributed by atoms with Gasteiger partial charge < -0.3 is 20.1 Å². The Balaban J connectivity index is 1.55. The lowest BCUT2D eigenvalue weighted by atomic mass is 10.1. The lowest BCUT2D eigenvalue weighted by Gasteiger charge is -2.15. The standard InChI is InChI=1S/C23H26N2O5/c1-2-29-23(28)16-11-13-18(14-12-16)30-15-21(26)25-20-10-6-5-9-19(20)22(27)24-17-7-3-4-8-17/h5-6,9-14,17H,2-4,7-8,15H2,1H3,(H,24,27)(H,25,26). The third-order valence-electron chi connectivity index (χ3n) is 4.87. The van der Waals surface area contributed by atoms with Crippen molar-refractivity contribution in [3.63, 3.8) is 0 Å². The minimum absolute atomic E-state index is 0.187. The lowest BCUT2D eigenvalue weighted by Crippen LogP contribution is -2.33. The first-order valence-electron chi connectivity index (χ1n) is 10.2. The molecule has 2 aromatic rings. The van der Waals surface area contributed by atoms with Gasteiger partial charge in [0.15, 0.2) is 6.61 Å². The van der Waals surface area contributed by atoms with E-state index in [1.54, 1.807) is 55.5 Å². The molecule has 7 nitrogen and oxygen atoms in total. The average Bonchev–Trinajstić information content (AvgIpc) is 3.26. The van der Waals surface area contributed by atoms with Crippen molar-refractivity contribution in [1.29, 1.82) is 0 Å². The maximum absolute atomic E-state index is 12.6. The zero-order valence-corrected chi connectivity index (χ0v) is 17.0. The van der Waals surface area contributed by atoms with Gasteiger partial charge in [-0.05, 0) is 56.2 Å². The third-order valence-corrected chi connectivity index (χ3v) is 4.87. The number of amides is 2. The number of nitrogens with one attached hydrogen (secondary N) is 2.